The summed E-state index contributed by atoms with van der Waals surface area (Å²) in [5, 5.41) is 0. The van der Waals surface area contributed by atoms with Crippen LogP contribution in [0.25, 0.3) is 0 Å². The van der Waals surface area contributed by atoms with E-state index in [1.807, 2.05) is 25.1 Å². The molecule has 1 aromatic carbocycles. The number of benzene rings is 1. The van der Waals surface area contributed by atoms with E-state index in [-0.39, 0.29) is 0 Å². The second-order valence-corrected chi connectivity index (χ2v) is 5.71. The maximum absolute atomic E-state index is 12.1. The van der Waals surface area contributed by atoms with E-state index in [9.17, 15) is 4.79 Å². The van der Waals surface area contributed by atoms with Gasteiger partial charge in [-0.3, -0.25) is 4.79 Å². The molecule has 0 aliphatic heterocycles. The lowest BCUT2D eigenvalue weighted by atomic mass is 9.96. The largest absolute Gasteiger partial charge is 0.294 e. The molecule has 1 aliphatic rings. The third-order valence-corrected chi connectivity index (χ3v) is 3.77. The number of halogens is 1. The average molecular weight is 281 g/mol. The molecule has 0 atom stereocenters. The third-order valence-electron chi connectivity index (χ3n) is 3.31. The predicted octanol–water partition coefficient (Wildman–Crippen LogP) is 4.52. The fraction of sp³-hybridized carbons (Fsp3) is 0.500. The van der Waals surface area contributed by atoms with Gasteiger partial charge in [-0.05, 0) is 36.6 Å². The van der Waals surface area contributed by atoms with Crippen LogP contribution in [0.2, 0.25) is 0 Å². The van der Waals surface area contributed by atoms with Crippen molar-refractivity contribution in [3.63, 3.8) is 0 Å². The van der Waals surface area contributed by atoms with Crippen LogP contribution in [0.5, 0.6) is 0 Å². The normalized spacial score (nSPS) is 16.6. The zero-order valence-corrected chi connectivity index (χ0v) is 11.2. The molecule has 1 aromatic rings. The van der Waals surface area contributed by atoms with Crippen molar-refractivity contribution in [1.82, 2.24) is 0 Å². The minimum atomic E-state index is 0.302. The Kier molecular flexibility index (Phi) is 3.80. The summed E-state index contributed by atoms with van der Waals surface area (Å²) < 4.78 is 1.00. The second-order valence-electron chi connectivity index (χ2n) is 4.80. The van der Waals surface area contributed by atoms with E-state index in [1.54, 1.807) is 0 Å². The quantitative estimate of drug-likeness (QED) is 0.744. The van der Waals surface area contributed by atoms with Gasteiger partial charge in [0, 0.05) is 16.5 Å². The maximum atomic E-state index is 12.1. The third kappa shape index (κ3) is 2.94. The van der Waals surface area contributed by atoms with Crippen LogP contribution in [0.15, 0.2) is 22.7 Å². The summed E-state index contributed by atoms with van der Waals surface area (Å²) in [5.41, 5.74) is 2.00. The maximum Gasteiger partial charge on any atom is 0.163 e. The Bertz CT molecular complexity index is 371. The van der Waals surface area contributed by atoms with Crippen LogP contribution >= 0.6 is 15.9 Å². The summed E-state index contributed by atoms with van der Waals surface area (Å²) in [6, 6.07) is 5.96. The Morgan fingerprint density at radius 3 is 2.62 bits per heavy atom. The lowest BCUT2D eigenvalue weighted by molar-refractivity contribution is 0.0962. The molecule has 0 unspecified atom stereocenters. The first kappa shape index (κ1) is 11.8. The van der Waals surface area contributed by atoms with Gasteiger partial charge in [-0.2, -0.15) is 0 Å². The first-order chi connectivity index (χ1) is 7.65. The molecule has 86 valence electrons. The van der Waals surface area contributed by atoms with Crippen LogP contribution in [0.3, 0.4) is 0 Å². The van der Waals surface area contributed by atoms with E-state index in [4.69, 9.17) is 0 Å². The van der Waals surface area contributed by atoms with Crippen LogP contribution in [-0.2, 0) is 0 Å². The number of rotatable bonds is 3. The van der Waals surface area contributed by atoms with Gasteiger partial charge in [-0.15, -0.1) is 0 Å². The van der Waals surface area contributed by atoms with Crippen LogP contribution in [-0.4, -0.2) is 5.78 Å². The Hall–Kier alpha value is -0.630. The number of aryl methyl sites for hydroxylation is 1. The predicted molar refractivity (Wildman–Crippen MR) is 69.8 cm³/mol. The lowest BCUT2D eigenvalue weighted by Gasteiger charge is -2.08. The first-order valence-corrected chi connectivity index (χ1v) is 6.75. The molecule has 0 amide bonds. The molecule has 1 nitrogen and oxygen atoms in total. The van der Waals surface area contributed by atoms with Crippen molar-refractivity contribution in [2.75, 3.05) is 0 Å². The topological polar surface area (TPSA) is 17.1 Å². The number of carbonyl (C=O) groups excluding carboxylic acids is 1. The highest BCUT2D eigenvalue weighted by Gasteiger charge is 2.19. The van der Waals surface area contributed by atoms with E-state index < -0.39 is 0 Å². The monoisotopic (exact) mass is 280 g/mol. The van der Waals surface area contributed by atoms with Gasteiger partial charge in [-0.25, -0.2) is 0 Å². The van der Waals surface area contributed by atoms with Crippen molar-refractivity contribution in [3.8, 4) is 0 Å². The van der Waals surface area contributed by atoms with E-state index in [2.05, 4.69) is 15.9 Å². The first-order valence-electron chi connectivity index (χ1n) is 5.95. The summed E-state index contributed by atoms with van der Waals surface area (Å²) >= 11 is 3.44. The Morgan fingerprint density at radius 2 is 2.00 bits per heavy atom. The van der Waals surface area contributed by atoms with Gasteiger partial charge >= 0.3 is 0 Å². The molecular weight excluding hydrogens is 264 g/mol. The summed E-state index contributed by atoms with van der Waals surface area (Å²) in [5.74, 6) is 0.933. The standard InChI is InChI=1S/C14H17BrO/c1-10-6-12(9-13(15)7-10)14(16)8-11-4-2-3-5-11/h6-7,9,11H,2-5,8H2,1H3. The highest BCUT2D eigenvalue weighted by atomic mass is 79.9. The highest BCUT2D eigenvalue weighted by Crippen LogP contribution is 2.29. The summed E-state index contributed by atoms with van der Waals surface area (Å²) in [6.07, 6.45) is 5.80. The fourth-order valence-corrected chi connectivity index (χ4v) is 3.10. The van der Waals surface area contributed by atoms with Gasteiger partial charge in [0.2, 0.25) is 0 Å². The number of hydrogen-bond donors (Lipinski definition) is 0. The molecule has 0 saturated heterocycles. The van der Waals surface area contributed by atoms with E-state index in [0.29, 0.717) is 11.7 Å². The Labute approximate surface area is 105 Å². The summed E-state index contributed by atoms with van der Waals surface area (Å²) in [4.78, 5) is 12.1. The molecule has 1 fully saturated rings. The molecular formula is C14H17BrO. The molecule has 0 heterocycles. The van der Waals surface area contributed by atoms with Crippen molar-refractivity contribution in [1.29, 1.82) is 0 Å². The zero-order valence-electron chi connectivity index (χ0n) is 9.63. The smallest absolute Gasteiger partial charge is 0.163 e. The van der Waals surface area contributed by atoms with Crippen LogP contribution in [0.4, 0.5) is 0 Å². The Balaban J connectivity index is 2.07. The fourth-order valence-electron chi connectivity index (χ4n) is 2.49. The van der Waals surface area contributed by atoms with E-state index in [0.717, 1.165) is 22.0 Å². The zero-order chi connectivity index (χ0) is 11.5. The lowest BCUT2D eigenvalue weighted by Crippen LogP contribution is -2.06. The van der Waals surface area contributed by atoms with Gasteiger partial charge in [-0.1, -0.05) is 41.6 Å². The highest BCUT2D eigenvalue weighted by molar-refractivity contribution is 9.10. The van der Waals surface area contributed by atoms with Crippen molar-refractivity contribution >= 4 is 21.7 Å². The number of hydrogen-bond acceptors (Lipinski definition) is 1. The molecule has 0 spiro atoms. The van der Waals surface area contributed by atoms with Crippen molar-refractivity contribution < 1.29 is 4.79 Å². The van der Waals surface area contributed by atoms with Crippen molar-refractivity contribution in [2.45, 2.75) is 39.0 Å². The summed E-state index contributed by atoms with van der Waals surface area (Å²) in [6.45, 7) is 2.02. The van der Waals surface area contributed by atoms with Gasteiger partial charge in [0.05, 0.1) is 0 Å². The molecule has 1 aliphatic carbocycles. The molecule has 0 N–H and O–H groups in total. The van der Waals surface area contributed by atoms with Crippen LogP contribution in [0.1, 0.15) is 48.0 Å². The summed E-state index contributed by atoms with van der Waals surface area (Å²) in [7, 11) is 0. The SMILES string of the molecule is Cc1cc(Br)cc(C(=O)CC2CCCC2)c1. The van der Waals surface area contributed by atoms with Crippen molar-refractivity contribution in [3.05, 3.63) is 33.8 Å². The van der Waals surface area contributed by atoms with E-state index >= 15 is 0 Å². The number of carbonyl (C=O) groups is 1. The molecule has 0 aromatic heterocycles. The molecule has 0 radical (unpaired) electrons. The molecule has 2 rings (SSSR count). The number of Topliss-reactive ketones (excluding diaryl/α,β-unsaturated/α-hetero) is 1. The van der Waals surface area contributed by atoms with Gasteiger partial charge in [0.1, 0.15) is 0 Å². The molecule has 16 heavy (non-hydrogen) atoms. The minimum absolute atomic E-state index is 0.302. The van der Waals surface area contributed by atoms with Gasteiger partial charge in [0.15, 0.2) is 5.78 Å². The van der Waals surface area contributed by atoms with Gasteiger partial charge < -0.3 is 0 Å². The Morgan fingerprint density at radius 1 is 1.31 bits per heavy atom. The number of ketones is 1. The molecule has 0 bridgehead atoms. The van der Waals surface area contributed by atoms with E-state index in [1.165, 1.54) is 25.7 Å². The molecule has 1 saturated carbocycles. The van der Waals surface area contributed by atoms with Crippen LogP contribution < -0.4 is 0 Å². The van der Waals surface area contributed by atoms with Gasteiger partial charge in [0.25, 0.3) is 0 Å². The second kappa shape index (κ2) is 5.13. The average Bonchev–Trinajstić information content (AvgIpc) is 2.68. The van der Waals surface area contributed by atoms with Crippen molar-refractivity contribution in [2.24, 2.45) is 5.92 Å². The van der Waals surface area contributed by atoms with Crippen LogP contribution in [0, 0.1) is 12.8 Å². The molecule has 2 heteroatoms. The minimum Gasteiger partial charge on any atom is -0.294 e.